The first-order chi connectivity index (χ1) is 38.7. The molecule has 5 heterocycles. The van der Waals surface area contributed by atoms with Crippen LogP contribution >= 0.6 is 0 Å². The van der Waals surface area contributed by atoms with Gasteiger partial charge in [-0.1, -0.05) is 204 Å². The van der Waals surface area contributed by atoms with Gasteiger partial charge in [0.1, 0.15) is 0 Å². The van der Waals surface area contributed by atoms with Crippen molar-refractivity contribution >= 4 is 91.3 Å². The van der Waals surface area contributed by atoms with E-state index in [4.69, 9.17) is 15.0 Å². The van der Waals surface area contributed by atoms with Crippen molar-refractivity contribution in [2.75, 3.05) is 19.6 Å². The van der Waals surface area contributed by atoms with Gasteiger partial charge >= 0.3 is 0 Å². The fraction of sp³-hybridized carbons (Fsp3) is 0.219. The van der Waals surface area contributed by atoms with E-state index in [0.717, 1.165) is 73.6 Å². The summed E-state index contributed by atoms with van der Waals surface area (Å²) in [4.78, 5) is 26.5. The first kappa shape index (κ1) is 50.5. The smallest absolute Gasteiger partial charge is 0.252 e. The van der Waals surface area contributed by atoms with E-state index >= 15 is 0 Å². The second-order valence-electron chi connectivity index (χ2n) is 26.7. The van der Waals surface area contributed by atoms with Crippen LogP contribution in [0.1, 0.15) is 105 Å². The number of fused-ring (bicyclic) bond motifs is 8. The van der Waals surface area contributed by atoms with Crippen LogP contribution < -0.4 is 36.0 Å². The van der Waals surface area contributed by atoms with Gasteiger partial charge in [-0.25, -0.2) is 15.0 Å². The molecule has 81 heavy (non-hydrogen) atoms. The third-order valence-corrected chi connectivity index (χ3v) is 17.1. The van der Waals surface area contributed by atoms with Crippen molar-refractivity contribution in [3.63, 3.8) is 0 Å². The van der Waals surface area contributed by atoms with Gasteiger partial charge in [-0.05, 0) is 133 Å². The van der Waals surface area contributed by atoms with Crippen LogP contribution in [-0.2, 0) is 21.7 Å². The third kappa shape index (κ3) is 8.11. The summed E-state index contributed by atoms with van der Waals surface area (Å²) in [5.41, 5.74) is 24.8. The highest BCUT2D eigenvalue weighted by Crippen LogP contribution is 2.61. The van der Waals surface area contributed by atoms with Crippen LogP contribution in [-0.4, -0.2) is 21.7 Å². The predicted molar refractivity (Wildman–Crippen MR) is 341 cm³/mol. The molecule has 4 aliphatic rings. The van der Waals surface area contributed by atoms with E-state index in [1.165, 1.54) is 50.0 Å². The topological polar surface area (TPSA) is 51.6 Å². The Balaban J connectivity index is 1.17. The van der Waals surface area contributed by atoms with Gasteiger partial charge in [-0.2, -0.15) is 0 Å². The highest BCUT2D eigenvalue weighted by Gasteiger charge is 2.51. The summed E-state index contributed by atoms with van der Waals surface area (Å²) in [6.45, 7) is 27.9. The first-order valence-electron chi connectivity index (χ1n) is 28.7. The van der Waals surface area contributed by atoms with Crippen LogP contribution in [0.3, 0.4) is 0 Å². The van der Waals surface area contributed by atoms with E-state index in [-0.39, 0.29) is 28.4 Å². The van der Waals surface area contributed by atoms with Crippen molar-refractivity contribution < 1.29 is 0 Å². The zero-order valence-electron chi connectivity index (χ0n) is 48.7. The van der Waals surface area contributed by atoms with Gasteiger partial charge in [-0.3, -0.25) is 0 Å². The Bertz CT molecular complexity index is 3910. The van der Waals surface area contributed by atoms with E-state index < -0.39 is 0 Å². The first-order valence-corrected chi connectivity index (χ1v) is 28.7. The van der Waals surface area contributed by atoms with Gasteiger partial charge in [-0.15, -0.1) is 0 Å². The number of para-hydroxylation sites is 2. The van der Waals surface area contributed by atoms with Crippen molar-refractivity contribution in [3.8, 4) is 34.2 Å². The molecule has 0 unspecified atom stereocenters. The molecule has 0 N–H and O–H groups in total. The van der Waals surface area contributed by atoms with E-state index in [9.17, 15) is 0 Å². The van der Waals surface area contributed by atoms with Crippen LogP contribution in [0.15, 0.2) is 194 Å². The van der Waals surface area contributed by atoms with Crippen LogP contribution in [0.4, 0.5) is 68.2 Å². The zero-order valence-corrected chi connectivity index (χ0v) is 48.7. The number of hydrogen-bond donors (Lipinski definition) is 0. The lowest BCUT2D eigenvalue weighted by atomic mass is 9.32. The molecule has 398 valence electrons. The Labute approximate surface area is 478 Å². The fourth-order valence-electron chi connectivity index (χ4n) is 12.7. The molecule has 0 spiro atoms. The summed E-state index contributed by atoms with van der Waals surface area (Å²) >= 11 is 0. The molecule has 0 bridgehead atoms. The standard InChI is InChI=1S/C73H68BN7/c1-70(2,3)48-33-35-56-58(41-48)78(52-29-21-15-22-30-52)62-43-50(72(7,8)9)39-54-65(62)80(56)60-37-47(69-76-67(45-25-17-13-18-26-45)75-68(77-69)46-27-19-14-20-28-46)38-61-64(60)74(54)55-40-51(73(10,11)12)44-63-66(55)81(61)57-36-34-49(71(4,5)6)42-59(57)79(63)53-31-23-16-24-32-53/h13-44H,1-12H3. The summed E-state index contributed by atoms with van der Waals surface area (Å²) in [6.07, 6.45) is 0. The second kappa shape index (κ2) is 17.9. The Morgan fingerprint density at radius 2 is 0.617 bits per heavy atom. The monoisotopic (exact) mass is 1050 g/mol. The Kier molecular flexibility index (Phi) is 11.1. The number of hydrogen-bond acceptors (Lipinski definition) is 7. The van der Waals surface area contributed by atoms with Crippen molar-refractivity contribution in [1.29, 1.82) is 0 Å². The molecule has 9 aromatic carbocycles. The van der Waals surface area contributed by atoms with Crippen molar-refractivity contribution in [2.45, 2.75) is 105 Å². The molecule has 14 rings (SSSR count). The minimum atomic E-state index is -0.188. The highest BCUT2D eigenvalue weighted by atomic mass is 15.3. The average Bonchev–Trinajstić information content (AvgIpc) is 3.01. The van der Waals surface area contributed by atoms with Gasteiger partial charge < -0.3 is 19.6 Å². The van der Waals surface area contributed by atoms with E-state index in [1.807, 2.05) is 12.1 Å². The molecule has 0 aliphatic carbocycles. The number of rotatable bonds is 5. The predicted octanol–water partition coefficient (Wildman–Crippen LogP) is 17.7. The zero-order chi connectivity index (χ0) is 56.1. The van der Waals surface area contributed by atoms with Gasteiger partial charge in [0.05, 0.1) is 45.5 Å². The summed E-state index contributed by atoms with van der Waals surface area (Å²) in [6, 6.07) is 72.0. The number of aromatic nitrogens is 3. The average molecular weight is 1050 g/mol. The minimum absolute atomic E-state index is 0.109. The number of anilines is 12. The molecule has 0 atom stereocenters. The van der Waals surface area contributed by atoms with Crippen molar-refractivity contribution in [1.82, 2.24) is 15.0 Å². The van der Waals surface area contributed by atoms with Gasteiger partial charge in [0.25, 0.3) is 6.71 Å². The molecule has 8 heteroatoms. The van der Waals surface area contributed by atoms with E-state index in [1.54, 1.807) is 0 Å². The minimum Gasteiger partial charge on any atom is -0.307 e. The summed E-state index contributed by atoms with van der Waals surface area (Å²) < 4.78 is 0. The Hall–Kier alpha value is -8.75. The highest BCUT2D eigenvalue weighted by molar-refractivity contribution is 7.00. The molecule has 4 aliphatic heterocycles. The lowest BCUT2D eigenvalue weighted by Gasteiger charge is -2.51. The summed E-state index contributed by atoms with van der Waals surface area (Å²) in [5, 5.41) is 0. The van der Waals surface area contributed by atoms with Gasteiger partial charge in [0.2, 0.25) is 0 Å². The maximum Gasteiger partial charge on any atom is 0.252 e. The fourth-order valence-corrected chi connectivity index (χ4v) is 12.7. The SMILES string of the molecule is CC(C)(C)c1ccc2c(c1)N(c1ccccc1)c1cc(C(C)(C)C)cc3c1N2c1cc(-c2nc(-c4ccccc4)nc(-c4ccccc4)n2)cc2c1B3c1cc(C(C)(C)C)cc3c1N2c1ccc(C(C)(C)C)cc1N3c1ccccc1. The maximum atomic E-state index is 5.49. The molecule has 10 aromatic rings. The number of nitrogens with zero attached hydrogens (tertiary/aromatic N) is 7. The molecule has 1 aromatic heterocycles. The molecule has 0 radical (unpaired) electrons. The van der Waals surface area contributed by atoms with Gasteiger partial charge in [0, 0.05) is 39.4 Å². The largest absolute Gasteiger partial charge is 0.307 e. The molecule has 0 amide bonds. The van der Waals surface area contributed by atoms with Crippen molar-refractivity contribution in [2.24, 2.45) is 0 Å². The summed E-state index contributed by atoms with van der Waals surface area (Å²) in [5.74, 6) is 1.86. The number of benzene rings is 9. The molecule has 0 fully saturated rings. The lowest BCUT2D eigenvalue weighted by Crippen LogP contribution is -2.62. The molecular weight excluding hydrogens is 986 g/mol. The molecule has 0 saturated carbocycles. The third-order valence-electron chi connectivity index (χ3n) is 17.1. The van der Waals surface area contributed by atoms with Crippen LogP contribution in [0.25, 0.3) is 34.2 Å². The summed E-state index contributed by atoms with van der Waals surface area (Å²) in [7, 11) is 0. The van der Waals surface area contributed by atoms with Crippen LogP contribution in [0, 0.1) is 0 Å². The normalized spacial score (nSPS) is 14.0. The van der Waals surface area contributed by atoms with E-state index in [0.29, 0.717) is 17.5 Å². The Morgan fingerprint density at radius 3 is 0.975 bits per heavy atom. The van der Waals surface area contributed by atoms with Crippen LogP contribution in [0.2, 0.25) is 0 Å². The maximum absolute atomic E-state index is 5.49. The van der Waals surface area contributed by atoms with Gasteiger partial charge in [0.15, 0.2) is 17.5 Å². The van der Waals surface area contributed by atoms with Crippen molar-refractivity contribution in [3.05, 3.63) is 216 Å². The van der Waals surface area contributed by atoms with E-state index in [2.05, 4.69) is 285 Å². The lowest BCUT2D eigenvalue weighted by molar-refractivity contribution is 0.589. The second-order valence-corrected chi connectivity index (χ2v) is 26.7. The molecule has 0 saturated heterocycles. The molecular formula is C73H68BN7. The van der Waals surface area contributed by atoms with Crippen LogP contribution in [0.5, 0.6) is 0 Å². The Morgan fingerprint density at radius 1 is 0.284 bits per heavy atom. The quantitative estimate of drug-likeness (QED) is 0.159. The molecule has 7 nitrogen and oxygen atoms in total.